The number of amides is 1. The van der Waals surface area contributed by atoms with Gasteiger partial charge >= 0.3 is 0 Å². The fourth-order valence-corrected chi connectivity index (χ4v) is 3.38. The van der Waals surface area contributed by atoms with Crippen LogP contribution in [0.1, 0.15) is 29.3 Å². The number of pyridine rings is 1. The van der Waals surface area contributed by atoms with E-state index in [2.05, 4.69) is 4.98 Å². The van der Waals surface area contributed by atoms with Crippen LogP contribution in [0.2, 0.25) is 0 Å². The molecule has 146 valence electrons. The Bertz CT molecular complexity index is 889. The zero-order valence-electron chi connectivity index (χ0n) is 16.4. The van der Waals surface area contributed by atoms with E-state index in [9.17, 15) is 14.7 Å². The van der Waals surface area contributed by atoms with Crippen molar-refractivity contribution in [3.8, 4) is 0 Å². The van der Waals surface area contributed by atoms with Gasteiger partial charge in [-0.05, 0) is 46.1 Å². The summed E-state index contributed by atoms with van der Waals surface area (Å²) in [5.41, 5.74) is 2.22. The zero-order chi connectivity index (χ0) is 20.3. The topological polar surface area (TPSA) is 73.7 Å². The van der Waals surface area contributed by atoms with Gasteiger partial charge in [-0.2, -0.15) is 0 Å². The van der Waals surface area contributed by atoms with E-state index >= 15 is 0 Å². The third-order valence-corrected chi connectivity index (χ3v) is 4.84. The van der Waals surface area contributed by atoms with Gasteiger partial charge in [0.15, 0.2) is 0 Å². The van der Waals surface area contributed by atoms with E-state index in [-0.39, 0.29) is 11.3 Å². The maximum absolute atomic E-state index is 12.8. The quantitative estimate of drug-likeness (QED) is 0.475. The number of aromatic nitrogens is 1. The lowest BCUT2D eigenvalue weighted by molar-refractivity contribution is -0.140. The summed E-state index contributed by atoms with van der Waals surface area (Å²) >= 11 is 0. The van der Waals surface area contributed by atoms with Crippen LogP contribution in [-0.4, -0.2) is 58.8 Å². The van der Waals surface area contributed by atoms with E-state index in [1.165, 1.54) is 4.90 Å². The Morgan fingerprint density at radius 2 is 1.86 bits per heavy atom. The molecule has 1 amide bonds. The number of hydrogen-bond acceptors (Lipinski definition) is 5. The Kier molecular flexibility index (Phi) is 5.90. The second-order valence-corrected chi connectivity index (χ2v) is 7.27. The van der Waals surface area contributed by atoms with Crippen molar-refractivity contribution in [1.82, 2.24) is 14.8 Å². The first-order valence-electron chi connectivity index (χ1n) is 9.31. The van der Waals surface area contributed by atoms with Gasteiger partial charge in [0.25, 0.3) is 11.7 Å². The summed E-state index contributed by atoms with van der Waals surface area (Å²) in [6, 6.07) is 11.9. The van der Waals surface area contributed by atoms with Gasteiger partial charge < -0.3 is 14.9 Å². The molecular formula is C22H25N3O3. The Labute approximate surface area is 165 Å². The van der Waals surface area contributed by atoms with Crippen molar-refractivity contribution in [3.05, 3.63) is 71.1 Å². The largest absolute Gasteiger partial charge is 0.507 e. The van der Waals surface area contributed by atoms with E-state index in [4.69, 9.17) is 0 Å². The summed E-state index contributed by atoms with van der Waals surface area (Å²) < 4.78 is 0. The zero-order valence-corrected chi connectivity index (χ0v) is 16.4. The Morgan fingerprint density at radius 3 is 2.46 bits per heavy atom. The highest BCUT2D eigenvalue weighted by atomic mass is 16.3. The summed E-state index contributed by atoms with van der Waals surface area (Å²) in [5, 5.41) is 10.9. The summed E-state index contributed by atoms with van der Waals surface area (Å²) in [4.78, 5) is 33.5. The number of ketones is 1. The van der Waals surface area contributed by atoms with Gasteiger partial charge in [0.2, 0.25) is 0 Å². The highest BCUT2D eigenvalue weighted by Gasteiger charge is 2.46. The van der Waals surface area contributed by atoms with Crippen LogP contribution >= 0.6 is 0 Å². The van der Waals surface area contributed by atoms with Crippen LogP contribution in [0.25, 0.3) is 5.76 Å². The molecule has 1 aliphatic rings. The van der Waals surface area contributed by atoms with E-state index in [0.29, 0.717) is 24.2 Å². The fourth-order valence-electron chi connectivity index (χ4n) is 3.38. The fraction of sp³-hybridized carbons (Fsp3) is 0.318. The number of aliphatic hydroxyl groups is 1. The summed E-state index contributed by atoms with van der Waals surface area (Å²) in [5.74, 6) is -1.43. The van der Waals surface area contributed by atoms with Gasteiger partial charge in [-0.15, -0.1) is 0 Å². The number of benzene rings is 1. The molecule has 0 spiro atoms. The van der Waals surface area contributed by atoms with E-state index in [1.807, 2.05) is 44.1 Å². The summed E-state index contributed by atoms with van der Waals surface area (Å²) in [7, 11) is 3.92. The lowest BCUT2D eigenvalue weighted by Gasteiger charge is -2.25. The summed E-state index contributed by atoms with van der Waals surface area (Å²) in [6.07, 6.45) is 2.34. The molecule has 6 heteroatoms. The molecule has 0 unspecified atom stereocenters. The average molecular weight is 379 g/mol. The molecule has 1 aliphatic heterocycles. The molecule has 1 aromatic heterocycles. The highest BCUT2D eigenvalue weighted by molar-refractivity contribution is 6.46. The van der Waals surface area contributed by atoms with Gasteiger partial charge in [0.1, 0.15) is 11.8 Å². The van der Waals surface area contributed by atoms with Crippen molar-refractivity contribution in [3.63, 3.8) is 0 Å². The minimum Gasteiger partial charge on any atom is -0.507 e. The van der Waals surface area contributed by atoms with Gasteiger partial charge in [-0.25, -0.2) is 0 Å². The minimum atomic E-state index is -0.690. The number of rotatable bonds is 6. The van der Waals surface area contributed by atoms with Crippen molar-refractivity contribution in [2.24, 2.45) is 0 Å². The SMILES string of the molecule is Cc1ccc(C(O)=C2C(=O)C(=O)N(CCCN(C)C)[C@H]2c2ccccn2)cc1. The second kappa shape index (κ2) is 8.35. The van der Waals surface area contributed by atoms with Crippen molar-refractivity contribution in [2.75, 3.05) is 27.2 Å². The lowest BCUT2D eigenvalue weighted by atomic mass is 9.98. The minimum absolute atomic E-state index is 0.0948. The molecule has 1 fully saturated rings. The standard InChI is InChI=1S/C22H25N3O3/c1-15-8-10-16(11-9-15)20(26)18-19(17-7-4-5-12-23-17)25(22(28)21(18)27)14-6-13-24(2)3/h4-5,7-12,19,26H,6,13-14H2,1-3H3/t19-/m0/s1. The molecule has 0 aliphatic carbocycles. The molecule has 1 N–H and O–H groups in total. The number of Topliss-reactive ketones (excluding diaryl/α,β-unsaturated/α-hetero) is 1. The van der Waals surface area contributed by atoms with E-state index in [0.717, 1.165) is 12.1 Å². The molecule has 1 atom stereocenters. The molecule has 0 radical (unpaired) electrons. The molecule has 2 heterocycles. The van der Waals surface area contributed by atoms with Crippen molar-refractivity contribution in [2.45, 2.75) is 19.4 Å². The first kappa shape index (κ1) is 19.8. The second-order valence-electron chi connectivity index (χ2n) is 7.27. The van der Waals surface area contributed by atoms with E-state index in [1.54, 1.807) is 30.5 Å². The van der Waals surface area contributed by atoms with Crippen LogP contribution in [0.5, 0.6) is 0 Å². The maximum atomic E-state index is 12.8. The summed E-state index contributed by atoms with van der Waals surface area (Å²) in [6.45, 7) is 3.14. The Morgan fingerprint density at radius 1 is 1.14 bits per heavy atom. The smallest absolute Gasteiger partial charge is 0.295 e. The van der Waals surface area contributed by atoms with Crippen LogP contribution < -0.4 is 0 Å². The predicted molar refractivity (Wildman–Crippen MR) is 108 cm³/mol. The molecule has 3 rings (SSSR count). The molecule has 2 aromatic rings. The number of likely N-dealkylation sites (tertiary alicyclic amines) is 1. The number of hydrogen-bond donors (Lipinski definition) is 1. The van der Waals surface area contributed by atoms with Crippen LogP contribution in [0.4, 0.5) is 0 Å². The van der Waals surface area contributed by atoms with Crippen molar-refractivity contribution in [1.29, 1.82) is 0 Å². The molecule has 28 heavy (non-hydrogen) atoms. The van der Waals surface area contributed by atoms with Gasteiger partial charge in [0.05, 0.1) is 11.3 Å². The number of carbonyl (C=O) groups excluding carboxylic acids is 2. The normalized spacial score (nSPS) is 18.9. The molecular weight excluding hydrogens is 354 g/mol. The first-order chi connectivity index (χ1) is 13.4. The molecule has 0 saturated carbocycles. The molecule has 1 aromatic carbocycles. The molecule has 1 saturated heterocycles. The molecule has 0 bridgehead atoms. The highest BCUT2D eigenvalue weighted by Crippen LogP contribution is 2.38. The van der Waals surface area contributed by atoms with Crippen LogP contribution in [-0.2, 0) is 9.59 Å². The average Bonchev–Trinajstić information content (AvgIpc) is 2.93. The third-order valence-electron chi connectivity index (χ3n) is 4.84. The van der Waals surface area contributed by atoms with Crippen molar-refractivity contribution >= 4 is 17.4 Å². The first-order valence-corrected chi connectivity index (χ1v) is 9.31. The predicted octanol–water partition coefficient (Wildman–Crippen LogP) is 2.76. The monoisotopic (exact) mass is 379 g/mol. The van der Waals surface area contributed by atoms with E-state index < -0.39 is 17.7 Å². The molecule has 6 nitrogen and oxygen atoms in total. The Balaban J connectivity index is 2.06. The third kappa shape index (κ3) is 3.97. The lowest BCUT2D eigenvalue weighted by Crippen LogP contribution is -2.32. The number of aryl methyl sites for hydroxylation is 1. The number of nitrogens with zero attached hydrogens (tertiary/aromatic N) is 3. The number of carbonyl (C=O) groups is 2. The Hall–Kier alpha value is -2.99. The maximum Gasteiger partial charge on any atom is 0.295 e. The van der Waals surface area contributed by atoms with Gasteiger partial charge in [-0.1, -0.05) is 35.9 Å². The van der Waals surface area contributed by atoms with Crippen molar-refractivity contribution < 1.29 is 14.7 Å². The van der Waals surface area contributed by atoms with Crippen LogP contribution in [0, 0.1) is 6.92 Å². The van der Waals surface area contributed by atoms with Crippen LogP contribution in [0.15, 0.2) is 54.2 Å². The van der Waals surface area contributed by atoms with Gasteiger partial charge in [0, 0.05) is 18.3 Å². The van der Waals surface area contributed by atoms with Gasteiger partial charge in [-0.3, -0.25) is 14.6 Å². The number of aliphatic hydroxyl groups excluding tert-OH is 1. The van der Waals surface area contributed by atoms with Crippen LogP contribution in [0.3, 0.4) is 0 Å².